The van der Waals surface area contributed by atoms with Crippen molar-refractivity contribution < 1.29 is 4.74 Å². The fraction of sp³-hybridized carbons (Fsp3) is 1.00. The van der Waals surface area contributed by atoms with Gasteiger partial charge < -0.3 is 10.1 Å². The van der Waals surface area contributed by atoms with E-state index in [2.05, 4.69) is 26.1 Å². The van der Waals surface area contributed by atoms with Gasteiger partial charge in [-0.05, 0) is 30.7 Å². The molecule has 0 heterocycles. The molecule has 1 fully saturated rings. The molecule has 0 amide bonds. The summed E-state index contributed by atoms with van der Waals surface area (Å²) in [5, 5.41) is 3.49. The molecular weight excluding hydrogens is 162 g/mol. The summed E-state index contributed by atoms with van der Waals surface area (Å²) < 4.78 is 5.16. The molecule has 2 heteroatoms. The minimum atomic E-state index is 0.624. The molecule has 13 heavy (non-hydrogen) atoms. The van der Waals surface area contributed by atoms with Crippen molar-refractivity contribution in [2.45, 2.75) is 33.2 Å². The number of rotatable bonds is 6. The second-order valence-corrected chi connectivity index (χ2v) is 4.66. The highest BCUT2D eigenvalue weighted by Crippen LogP contribution is 2.43. The Morgan fingerprint density at radius 1 is 1.38 bits per heavy atom. The van der Waals surface area contributed by atoms with E-state index in [1.165, 1.54) is 13.0 Å². The Bertz CT molecular complexity index is 147. The Morgan fingerprint density at radius 2 is 2.08 bits per heavy atom. The Morgan fingerprint density at radius 3 is 2.62 bits per heavy atom. The first kappa shape index (κ1) is 11.0. The molecular formula is C11H23NO. The van der Waals surface area contributed by atoms with Gasteiger partial charge in [-0.3, -0.25) is 0 Å². The van der Waals surface area contributed by atoms with Crippen LogP contribution in [0.1, 0.15) is 27.2 Å². The van der Waals surface area contributed by atoms with Crippen LogP contribution in [-0.4, -0.2) is 26.3 Å². The van der Waals surface area contributed by atoms with E-state index in [0.717, 1.165) is 24.4 Å². The molecule has 3 atom stereocenters. The van der Waals surface area contributed by atoms with Gasteiger partial charge in [0.15, 0.2) is 0 Å². The van der Waals surface area contributed by atoms with Crippen LogP contribution in [0.4, 0.5) is 0 Å². The first-order valence-electron chi connectivity index (χ1n) is 5.37. The summed E-state index contributed by atoms with van der Waals surface area (Å²) in [5.41, 5.74) is 0. The number of hydrogen-bond donors (Lipinski definition) is 1. The van der Waals surface area contributed by atoms with Gasteiger partial charge in [0, 0.05) is 19.8 Å². The third-order valence-electron chi connectivity index (χ3n) is 2.93. The maximum Gasteiger partial charge on any atom is 0.0490 e. The smallest absolute Gasteiger partial charge is 0.0490 e. The van der Waals surface area contributed by atoms with Gasteiger partial charge >= 0.3 is 0 Å². The minimum Gasteiger partial charge on any atom is -0.384 e. The van der Waals surface area contributed by atoms with E-state index in [0.29, 0.717) is 6.04 Å². The molecule has 1 N–H and O–H groups in total. The molecule has 0 bridgehead atoms. The van der Waals surface area contributed by atoms with Gasteiger partial charge in [0.1, 0.15) is 0 Å². The van der Waals surface area contributed by atoms with Gasteiger partial charge in [-0.15, -0.1) is 0 Å². The van der Waals surface area contributed by atoms with E-state index < -0.39 is 0 Å². The normalized spacial score (nSPS) is 29.3. The number of hydrogen-bond acceptors (Lipinski definition) is 2. The lowest BCUT2D eigenvalue weighted by Crippen LogP contribution is -2.25. The quantitative estimate of drug-likeness (QED) is 0.682. The molecule has 3 unspecified atom stereocenters. The summed E-state index contributed by atoms with van der Waals surface area (Å²) in [6, 6.07) is 0.624. The average molecular weight is 185 g/mol. The van der Waals surface area contributed by atoms with Crippen LogP contribution >= 0.6 is 0 Å². The van der Waals surface area contributed by atoms with Gasteiger partial charge in [-0.25, -0.2) is 0 Å². The van der Waals surface area contributed by atoms with Gasteiger partial charge in [0.2, 0.25) is 0 Å². The second-order valence-electron chi connectivity index (χ2n) is 4.66. The van der Waals surface area contributed by atoms with Crippen molar-refractivity contribution in [3.63, 3.8) is 0 Å². The molecule has 1 aliphatic rings. The summed E-state index contributed by atoms with van der Waals surface area (Å²) in [7, 11) is 1.79. The van der Waals surface area contributed by atoms with E-state index in [4.69, 9.17) is 4.74 Å². The molecule has 1 saturated carbocycles. The number of methoxy groups -OCH3 is 1. The van der Waals surface area contributed by atoms with Crippen molar-refractivity contribution in [3.8, 4) is 0 Å². The van der Waals surface area contributed by atoms with Crippen molar-refractivity contribution >= 4 is 0 Å². The summed E-state index contributed by atoms with van der Waals surface area (Å²) in [6.45, 7) is 8.81. The van der Waals surface area contributed by atoms with Crippen LogP contribution < -0.4 is 5.32 Å². The molecule has 2 nitrogen and oxygen atoms in total. The predicted octanol–water partition coefficient (Wildman–Crippen LogP) is 1.90. The van der Waals surface area contributed by atoms with Crippen LogP contribution in [0.25, 0.3) is 0 Å². The Kier molecular flexibility index (Phi) is 4.20. The van der Waals surface area contributed by atoms with Crippen LogP contribution in [0.3, 0.4) is 0 Å². The average Bonchev–Trinajstić information content (AvgIpc) is 2.80. The second kappa shape index (κ2) is 4.97. The number of ether oxygens (including phenoxy) is 1. The zero-order valence-corrected chi connectivity index (χ0v) is 9.34. The van der Waals surface area contributed by atoms with Crippen molar-refractivity contribution in [3.05, 3.63) is 0 Å². The van der Waals surface area contributed by atoms with Crippen LogP contribution in [0, 0.1) is 17.8 Å². The van der Waals surface area contributed by atoms with Crippen LogP contribution in [0.5, 0.6) is 0 Å². The van der Waals surface area contributed by atoms with Gasteiger partial charge in [0.05, 0.1) is 0 Å². The van der Waals surface area contributed by atoms with Crippen LogP contribution in [-0.2, 0) is 4.74 Å². The lowest BCUT2D eigenvalue weighted by Gasteiger charge is -2.11. The van der Waals surface area contributed by atoms with Crippen molar-refractivity contribution in [2.75, 3.05) is 20.3 Å². The molecule has 1 rings (SSSR count). The summed E-state index contributed by atoms with van der Waals surface area (Å²) >= 11 is 0. The zero-order chi connectivity index (χ0) is 9.84. The van der Waals surface area contributed by atoms with Crippen molar-refractivity contribution in [1.29, 1.82) is 0 Å². The first-order valence-corrected chi connectivity index (χ1v) is 5.37. The van der Waals surface area contributed by atoms with E-state index in [1.54, 1.807) is 7.11 Å². The van der Waals surface area contributed by atoms with Crippen LogP contribution in [0.15, 0.2) is 0 Å². The summed E-state index contributed by atoms with van der Waals surface area (Å²) in [4.78, 5) is 0. The molecule has 0 aromatic carbocycles. The molecule has 0 aromatic rings. The third-order valence-corrected chi connectivity index (χ3v) is 2.93. The van der Waals surface area contributed by atoms with Gasteiger partial charge in [0.25, 0.3) is 0 Å². The SMILES string of the molecule is COCC(C)C1CC1CNC(C)C. The van der Waals surface area contributed by atoms with Gasteiger partial charge in [-0.1, -0.05) is 20.8 Å². The zero-order valence-electron chi connectivity index (χ0n) is 9.34. The Hall–Kier alpha value is -0.0800. The highest BCUT2D eigenvalue weighted by atomic mass is 16.5. The van der Waals surface area contributed by atoms with E-state index in [-0.39, 0.29) is 0 Å². The molecule has 0 aliphatic heterocycles. The Balaban J connectivity index is 2.08. The molecule has 0 saturated heterocycles. The predicted molar refractivity (Wildman–Crippen MR) is 55.8 cm³/mol. The van der Waals surface area contributed by atoms with E-state index >= 15 is 0 Å². The standard InChI is InChI=1S/C11H23NO/c1-8(2)12-6-10-5-11(10)9(3)7-13-4/h8-12H,5-7H2,1-4H3. The van der Waals surface area contributed by atoms with E-state index in [9.17, 15) is 0 Å². The fourth-order valence-corrected chi connectivity index (χ4v) is 1.98. The topological polar surface area (TPSA) is 21.3 Å². The van der Waals surface area contributed by atoms with Gasteiger partial charge in [-0.2, -0.15) is 0 Å². The fourth-order valence-electron chi connectivity index (χ4n) is 1.98. The van der Waals surface area contributed by atoms with Crippen LogP contribution in [0.2, 0.25) is 0 Å². The summed E-state index contributed by atoms with van der Waals surface area (Å²) in [5.74, 6) is 2.56. The van der Waals surface area contributed by atoms with E-state index in [1.807, 2.05) is 0 Å². The highest BCUT2D eigenvalue weighted by molar-refractivity contribution is 4.91. The minimum absolute atomic E-state index is 0.624. The molecule has 78 valence electrons. The molecule has 1 aliphatic carbocycles. The lowest BCUT2D eigenvalue weighted by atomic mass is 10.1. The largest absolute Gasteiger partial charge is 0.384 e. The molecule has 0 spiro atoms. The molecule has 0 aromatic heterocycles. The maximum atomic E-state index is 5.16. The maximum absolute atomic E-state index is 5.16. The highest BCUT2D eigenvalue weighted by Gasteiger charge is 2.40. The number of nitrogens with one attached hydrogen (secondary N) is 1. The van der Waals surface area contributed by atoms with Crippen molar-refractivity contribution in [1.82, 2.24) is 5.32 Å². The monoisotopic (exact) mass is 185 g/mol. The summed E-state index contributed by atoms with van der Waals surface area (Å²) in [6.07, 6.45) is 1.39. The van der Waals surface area contributed by atoms with Crippen molar-refractivity contribution in [2.24, 2.45) is 17.8 Å². The Labute approximate surface area is 82.0 Å². The lowest BCUT2D eigenvalue weighted by molar-refractivity contribution is 0.147. The third kappa shape index (κ3) is 3.65. The molecule has 0 radical (unpaired) electrons. The first-order chi connectivity index (χ1) is 6.15.